The molecule has 1 saturated carbocycles. The van der Waals surface area contributed by atoms with Crippen LogP contribution < -0.4 is 15.8 Å². The topological polar surface area (TPSA) is 111 Å². The predicted molar refractivity (Wildman–Crippen MR) is 90.3 cm³/mol. The van der Waals surface area contributed by atoms with Crippen molar-refractivity contribution in [2.45, 2.75) is 40.8 Å². The van der Waals surface area contributed by atoms with Crippen LogP contribution in [0.3, 0.4) is 0 Å². The van der Waals surface area contributed by atoms with E-state index in [-0.39, 0.29) is 28.9 Å². The molecular formula is C15H19N3O4S2. The fourth-order valence-corrected chi connectivity index (χ4v) is 5.75. The zero-order chi connectivity index (χ0) is 16.9. The second-order valence-electron chi connectivity index (χ2n) is 6.32. The van der Waals surface area contributed by atoms with Crippen LogP contribution in [0.15, 0.2) is 28.0 Å². The average molecular weight is 369 g/mol. The lowest BCUT2D eigenvalue weighted by Crippen LogP contribution is -2.68. The van der Waals surface area contributed by atoms with E-state index in [9.17, 15) is 13.2 Å². The third-order valence-corrected chi connectivity index (χ3v) is 7.39. The van der Waals surface area contributed by atoms with Gasteiger partial charge in [-0.05, 0) is 24.6 Å². The van der Waals surface area contributed by atoms with Gasteiger partial charge < -0.3 is 15.8 Å². The molecule has 3 aliphatic rings. The number of fused-ring (bicyclic) bond motifs is 2. The van der Waals surface area contributed by atoms with Crippen LogP contribution in [0.1, 0.15) is 12.8 Å². The lowest BCUT2D eigenvalue weighted by atomic mass is 9.73. The second kappa shape index (κ2) is 5.99. The molecule has 9 heteroatoms. The standard InChI is InChI=1S/C15H19N3O4S2/c16-13-9-3-5-22-15(9)14(13)18-24(20,21)8-1-2-11-10(7-8)17-12(19)4-6-23-11/h1-2,7,9,13-15,18H,3-6,16H2,(H,17,19). The van der Waals surface area contributed by atoms with E-state index < -0.39 is 16.1 Å². The van der Waals surface area contributed by atoms with Gasteiger partial charge in [-0.3, -0.25) is 4.79 Å². The highest BCUT2D eigenvalue weighted by Gasteiger charge is 2.53. The maximum atomic E-state index is 12.7. The predicted octanol–water partition coefficient (Wildman–Crippen LogP) is 0.514. The quantitative estimate of drug-likeness (QED) is 0.716. The number of sulfonamides is 1. The molecule has 1 amide bonds. The van der Waals surface area contributed by atoms with Crippen LogP contribution in [0, 0.1) is 5.92 Å². The Labute approximate surface area is 144 Å². The number of benzene rings is 1. The van der Waals surface area contributed by atoms with Gasteiger partial charge in [-0.1, -0.05) is 0 Å². The molecule has 24 heavy (non-hydrogen) atoms. The third-order valence-electron chi connectivity index (χ3n) is 4.86. The van der Waals surface area contributed by atoms with E-state index in [0.717, 1.165) is 11.3 Å². The summed E-state index contributed by atoms with van der Waals surface area (Å²) in [6, 6.07) is 4.18. The summed E-state index contributed by atoms with van der Waals surface area (Å²) in [6.45, 7) is 0.628. The van der Waals surface area contributed by atoms with Crippen molar-refractivity contribution in [2.24, 2.45) is 11.7 Å². The fourth-order valence-electron chi connectivity index (χ4n) is 3.51. The van der Waals surface area contributed by atoms with E-state index in [1.807, 2.05) is 0 Å². The van der Waals surface area contributed by atoms with Crippen molar-refractivity contribution < 1.29 is 17.9 Å². The smallest absolute Gasteiger partial charge is 0.241 e. The summed E-state index contributed by atoms with van der Waals surface area (Å²) in [5.74, 6) is 0.813. The van der Waals surface area contributed by atoms with Crippen LogP contribution in [0.2, 0.25) is 0 Å². The summed E-state index contributed by atoms with van der Waals surface area (Å²) in [6.07, 6.45) is 1.16. The number of carbonyl (C=O) groups is 1. The Bertz CT molecular complexity index is 783. The van der Waals surface area contributed by atoms with E-state index in [1.54, 1.807) is 12.1 Å². The number of hydrogen-bond acceptors (Lipinski definition) is 6. The van der Waals surface area contributed by atoms with Crippen LogP contribution in [-0.2, 0) is 19.6 Å². The molecule has 2 aliphatic heterocycles. The molecule has 1 saturated heterocycles. The summed E-state index contributed by atoms with van der Waals surface area (Å²) in [7, 11) is -3.73. The molecule has 4 unspecified atom stereocenters. The van der Waals surface area contributed by atoms with Gasteiger partial charge in [0, 0.05) is 35.6 Å². The third kappa shape index (κ3) is 2.74. The number of hydrogen-bond donors (Lipinski definition) is 3. The number of nitrogens with one attached hydrogen (secondary N) is 2. The van der Waals surface area contributed by atoms with Crippen molar-refractivity contribution in [1.29, 1.82) is 0 Å². The molecule has 1 aromatic carbocycles. The highest BCUT2D eigenvalue weighted by molar-refractivity contribution is 7.99. The Morgan fingerprint density at radius 3 is 3.04 bits per heavy atom. The zero-order valence-corrected chi connectivity index (χ0v) is 14.5. The van der Waals surface area contributed by atoms with Crippen LogP contribution in [-0.4, -0.2) is 44.9 Å². The van der Waals surface area contributed by atoms with E-state index in [4.69, 9.17) is 10.5 Å². The van der Waals surface area contributed by atoms with E-state index >= 15 is 0 Å². The lowest BCUT2D eigenvalue weighted by Gasteiger charge is -2.45. The van der Waals surface area contributed by atoms with Crippen molar-refractivity contribution in [1.82, 2.24) is 4.72 Å². The fraction of sp³-hybridized carbons (Fsp3) is 0.533. The van der Waals surface area contributed by atoms with Gasteiger partial charge in [0.05, 0.1) is 22.7 Å². The van der Waals surface area contributed by atoms with Crippen molar-refractivity contribution in [3.63, 3.8) is 0 Å². The number of thioether (sulfide) groups is 1. The summed E-state index contributed by atoms with van der Waals surface area (Å²) in [5, 5.41) is 2.76. The molecule has 0 bridgehead atoms. The number of carbonyl (C=O) groups excluding carboxylic acids is 1. The average Bonchev–Trinajstić information content (AvgIpc) is 2.90. The minimum atomic E-state index is -3.73. The van der Waals surface area contributed by atoms with E-state index in [1.165, 1.54) is 17.8 Å². The first-order valence-corrected chi connectivity index (χ1v) is 10.4. The van der Waals surface area contributed by atoms with Gasteiger partial charge in [-0.15, -0.1) is 11.8 Å². The first-order chi connectivity index (χ1) is 11.5. The van der Waals surface area contributed by atoms with Crippen LogP contribution >= 0.6 is 11.8 Å². The molecule has 0 aromatic heterocycles. The van der Waals surface area contributed by atoms with Gasteiger partial charge in [0.15, 0.2) is 0 Å². The lowest BCUT2D eigenvalue weighted by molar-refractivity contribution is -0.115. The second-order valence-corrected chi connectivity index (χ2v) is 9.17. The molecule has 4 N–H and O–H groups in total. The van der Waals surface area contributed by atoms with Crippen molar-refractivity contribution >= 4 is 33.4 Å². The first-order valence-electron chi connectivity index (χ1n) is 7.92. The molecule has 0 radical (unpaired) electrons. The number of rotatable bonds is 3. The molecule has 1 aliphatic carbocycles. The molecule has 4 rings (SSSR count). The van der Waals surface area contributed by atoms with Gasteiger partial charge in [-0.2, -0.15) is 0 Å². The Hall–Kier alpha value is -1.13. The summed E-state index contributed by atoms with van der Waals surface area (Å²) in [5.41, 5.74) is 6.62. The molecule has 130 valence electrons. The van der Waals surface area contributed by atoms with Gasteiger partial charge in [0.25, 0.3) is 0 Å². The number of amides is 1. The number of nitrogens with two attached hydrogens (primary N) is 1. The van der Waals surface area contributed by atoms with E-state index in [0.29, 0.717) is 24.5 Å². The van der Waals surface area contributed by atoms with Crippen molar-refractivity contribution in [2.75, 3.05) is 17.7 Å². The van der Waals surface area contributed by atoms with Crippen LogP contribution in [0.25, 0.3) is 0 Å². The van der Waals surface area contributed by atoms with E-state index in [2.05, 4.69) is 10.0 Å². The molecular weight excluding hydrogens is 350 g/mol. The van der Waals surface area contributed by atoms with Gasteiger partial charge in [-0.25, -0.2) is 13.1 Å². The Balaban J connectivity index is 1.57. The summed E-state index contributed by atoms with van der Waals surface area (Å²) >= 11 is 1.54. The van der Waals surface area contributed by atoms with Crippen molar-refractivity contribution in [3.8, 4) is 0 Å². The molecule has 7 nitrogen and oxygen atoms in total. The molecule has 0 spiro atoms. The normalized spacial score (nSPS) is 32.3. The first kappa shape index (κ1) is 16.3. The molecule has 1 aromatic rings. The minimum absolute atomic E-state index is 0.105. The van der Waals surface area contributed by atoms with Crippen LogP contribution in [0.4, 0.5) is 5.69 Å². The number of anilines is 1. The van der Waals surface area contributed by atoms with Gasteiger partial charge >= 0.3 is 0 Å². The zero-order valence-electron chi connectivity index (χ0n) is 12.9. The summed E-state index contributed by atoms with van der Waals surface area (Å²) < 4.78 is 33.6. The molecule has 2 fully saturated rings. The Morgan fingerprint density at radius 1 is 1.38 bits per heavy atom. The maximum Gasteiger partial charge on any atom is 0.241 e. The highest BCUT2D eigenvalue weighted by Crippen LogP contribution is 2.39. The molecule has 4 atom stereocenters. The summed E-state index contributed by atoms with van der Waals surface area (Å²) in [4.78, 5) is 12.7. The number of ether oxygens (including phenoxy) is 1. The Kier molecular flexibility index (Phi) is 4.08. The minimum Gasteiger partial charge on any atom is -0.376 e. The SMILES string of the molecule is NC1C2CCOC2C1NS(=O)(=O)c1ccc2c(c1)NC(=O)CCS2. The highest BCUT2D eigenvalue weighted by atomic mass is 32.2. The largest absolute Gasteiger partial charge is 0.376 e. The molecule has 2 heterocycles. The van der Waals surface area contributed by atoms with Gasteiger partial charge in [0.1, 0.15) is 0 Å². The van der Waals surface area contributed by atoms with Crippen LogP contribution in [0.5, 0.6) is 0 Å². The van der Waals surface area contributed by atoms with Gasteiger partial charge in [0.2, 0.25) is 15.9 Å². The monoisotopic (exact) mass is 369 g/mol. The van der Waals surface area contributed by atoms with Crippen molar-refractivity contribution in [3.05, 3.63) is 18.2 Å². The maximum absolute atomic E-state index is 12.7. The Morgan fingerprint density at radius 2 is 2.21 bits per heavy atom.